The molecule has 246 valence electrons. The molecule has 6 N–H and O–H groups in total. The Hall–Kier alpha value is -5.21. The molecule has 0 unspecified atom stereocenters. The van der Waals surface area contributed by atoms with Crippen molar-refractivity contribution in [1.82, 2.24) is 9.80 Å². The number of nitrogens with zero attached hydrogens (tertiary/aromatic N) is 3. The molecule has 0 saturated carbocycles. The first kappa shape index (κ1) is 32.7. The molecule has 8 nitrogen and oxygen atoms in total. The van der Waals surface area contributed by atoms with Crippen LogP contribution in [-0.4, -0.2) is 65.3 Å². The van der Waals surface area contributed by atoms with E-state index in [9.17, 15) is 9.59 Å². The Kier molecular flexibility index (Phi) is 10.3. The number of carbonyl (C=O) groups excluding carboxylic acids is 2. The molecule has 5 aromatic carbocycles. The summed E-state index contributed by atoms with van der Waals surface area (Å²) in [5.41, 5.74) is 21.0. The minimum Gasteiger partial charge on any atom is -0.370 e. The zero-order valence-corrected chi connectivity index (χ0v) is 27.2. The molecule has 5 aromatic rings. The van der Waals surface area contributed by atoms with Crippen LogP contribution in [0.4, 0.5) is 0 Å². The highest BCUT2D eigenvalue weighted by atomic mass is 16.2. The summed E-state index contributed by atoms with van der Waals surface area (Å²) >= 11 is 0. The maximum Gasteiger partial charge on any atom is 0.240 e. The molecular weight excluding hydrogens is 596 g/mol. The number of hydrogen-bond donors (Lipinski definition) is 3. The molecule has 8 heteroatoms. The first-order chi connectivity index (χ1) is 23.3. The Morgan fingerprint density at radius 2 is 1.27 bits per heavy atom. The number of aliphatic imine (C=N–C) groups is 1. The largest absolute Gasteiger partial charge is 0.370 e. The fraction of sp³-hybridized carbons (Fsp3) is 0.275. The molecule has 1 heterocycles. The molecular formula is C40H44N6O2. The van der Waals surface area contributed by atoms with Gasteiger partial charge in [-0.1, -0.05) is 115 Å². The highest BCUT2D eigenvalue weighted by Gasteiger charge is 2.39. The maximum atomic E-state index is 14.2. The highest BCUT2D eigenvalue weighted by Crippen LogP contribution is 2.26. The van der Waals surface area contributed by atoms with Crippen molar-refractivity contribution in [3.63, 3.8) is 0 Å². The van der Waals surface area contributed by atoms with Crippen LogP contribution in [0.2, 0.25) is 0 Å². The second-order valence-corrected chi connectivity index (χ2v) is 12.8. The number of guanidine groups is 1. The summed E-state index contributed by atoms with van der Waals surface area (Å²) in [4.78, 5) is 36.5. The van der Waals surface area contributed by atoms with Crippen LogP contribution in [-0.2, 0) is 28.9 Å². The van der Waals surface area contributed by atoms with Gasteiger partial charge >= 0.3 is 0 Å². The molecule has 0 aliphatic carbocycles. The lowest BCUT2D eigenvalue weighted by atomic mass is 9.94. The summed E-state index contributed by atoms with van der Waals surface area (Å²) in [6.07, 6.45) is 2.65. The fourth-order valence-corrected chi connectivity index (χ4v) is 6.91. The Balaban J connectivity index is 1.26. The third kappa shape index (κ3) is 8.01. The SMILES string of the molecule is NC(N)=NCCC[C@H]1CN(C(=O)Cc2ccc3ccccc3c2)[C@H](Cc2ccccc2)CN1C(=O)[C@H](N)Cc1ccc2ccccc2c1. The van der Waals surface area contributed by atoms with Crippen molar-refractivity contribution >= 4 is 39.3 Å². The van der Waals surface area contributed by atoms with Gasteiger partial charge in [0, 0.05) is 25.7 Å². The van der Waals surface area contributed by atoms with Crippen LogP contribution in [0.15, 0.2) is 120 Å². The molecule has 0 bridgehead atoms. The smallest absolute Gasteiger partial charge is 0.240 e. The Bertz CT molecular complexity index is 1900. The van der Waals surface area contributed by atoms with Crippen molar-refractivity contribution in [3.05, 3.63) is 132 Å². The average molecular weight is 641 g/mol. The zero-order valence-electron chi connectivity index (χ0n) is 27.2. The number of benzene rings is 5. The second kappa shape index (κ2) is 15.1. The lowest BCUT2D eigenvalue weighted by molar-refractivity contribution is -0.147. The first-order valence-electron chi connectivity index (χ1n) is 16.7. The van der Waals surface area contributed by atoms with E-state index in [-0.39, 0.29) is 36.3 Å². The van der Waals surface area contributed by atoms with Gasteiger partial charge in [0.25, 0.3) is 0 Å². The van der Waals surface area contributed by atoms with Crippen LogP contribution in [0, 0.1) is 0 Å². The standard InChI is InChI=1S/C40H44N6O2/c41-37(24-29-16-18-31-11-4-6-13-33(31)21-29)39(48)46-27-36(23-28-9-2-1-3-10-28)45(26-35(46)15-8-20-44-40(42)43)38(47)25-30-17-19-32-12-5-7-14-34(32)22-30/h1-7,9-14,16-19,21-22,35-37H,8,15,20,23-27,41H2,(H4,42,43,44)/t35-,36+,37+/m0/s1. The normalized spacial score (nSPS) is 16.9. The van der Waals surface area contributed by atoms with E-state index in [2.05, 4.69) is 65.7 Å². The molecule has 48 heavy (non-hydrogen) atoms. The van der Waals surface area contributed by atoms with Gasteiger partial charge in [0.05, 0.1) is 18.5 Å². The number of carbonyl (C=O) groups is 2. The lowest BCUT2D eigenvalue weighted by Crippen LogP contribution is -2.64. The summed E-state index contributed by atoms with van der Waals surface area (Å²) in [7, 11) is 0. The van der Waals surface area contributed by atoms with Crippen LogP contribution in [0.5, 0.6) is 0 Å². The molecule has 1 aliphatic rings. The quantitative estimate of drug-likeness (QED) is 0.108. The van der Waals surface area contributed by atoms with Crippen LogP contribution in [0.1, 0.15) is 29.5 Å². The van der Waals surface area contributed by atoms with Gasteiger partial charge in [-0.2, -0.15) is 0 Å². The van der Waals surface area contributed by atoms with Gasteiger partial charge < -0.3 is 27.0 Å². The Morgan fingerprint density at radius 3 is 1.94 bits per heavy atom. The number of amides is 2. The number of rotatable bonds is 11. The van der Waals surface area contributed by atoms with Gasteiger partial charge in [-0.25, -0.2) is 0 Å². The molecule has 3 atom stereocenters. The summed E-state index contributed by atoms with van der Waals surface area (Å²) in [5, 5.41) is 4.52. The van der Waals surface area contributed by atoms with Gasteiger partial charge in [0.2, 0.25) is 11.8 Å². The van der Waals surface area contributed by atoms with Crippen molar-refractivity contribution in [2.24, 2.45) is 22.2 Å². The van der Waals surface area contributed by atoms with Gasteiger partial charge in [-0.05, 0) is 63.9 Å². The van der Waals surface area contributed by atoms with Crippen molar-refractivity contribution in [3.8, 4) is 0 Å². The molecule has 1 saturated heterocycles. The van der Waals surface area contributed by atoms with Gasteiger partial charge in [0.1, 0.15) is 0 Å². The van der Waals surface area contributed by atoms with E-state index in [1.807, 2.05) is 64.4 Å². The summed E-state index contributed by atoms with van der Waals surface area (Å²) in [5.74, 6) is -0.0122. The molecule has 1 fully saturated rings. The molecule has 0 spiro atoms. The Morgan fingerprint density at radius 1 is 0.688 bits per heavy atom. The van der Waals surface area contributed by atoms with Gasteiger partial charge in [0.15, 0.2) is 5.96 Å². The minimum absolute atomic E-state index is 0.0408. The molecule has 0 aromatic heterocycles. The Labute approximate surface area is 282 Å². The van der Waals surface area contributed by atoms with E-state index in [1.54, 1.807) is 0 Å². The van der Waals surface area contributed by atoms with Gasteiger partial charge in [-0.3, -0.25) is 14.6 Å². The van der Waals surface area contributed by atoms with Crippen molar-refractivity contribution < 1.29 is 9.59 Å². The summed E-state index contributed by atoms with van der Waals surface area (Å²) in [6, 6.07) is 37.8. The minimum atomic E-state index is -0.719. The van der Waals surface area contributed by atoms with Crippen molar-refractivity contribution in [2.75, 3.05) is 19.6 Å². The third-order valence-corrected chi connectivity index (χ3v) is 9.36. The first-order valence-corrected chi connectivity index (χ1v) is 16.7. The monoisotopic (exact) mass is 640 g/mol. The van der Waals surface area contributed by atoms with E-state index in [0.29, 0.717) is 45.3 Å². The van der Waals surface area contributed by atoms with E-state index >= 15 is 0 Å². The second-order valence-electron chi connectivity index (χ2n) is 12.8. The van der Waals surface area contributed by atoms with E-state index in [4.69, 9.17) is 17.2 Å². The van der Waals surface area contributed by atoms with E-state index in [0.717, 1.165) is 38.2 Å². The van der Waals surface area contributed by atoms with Crippen LogP contribution >= 0.6 is 0 Å². The number of nitrogens with two attached hydrogens (primary N) is 3. The summed E-state index contributed by atoms with van der Waals surface area (Å²) < 4.78 is 0. The molecule has 2 amide bonds. The maximum absolute atomic E-state index is 14.2. The highest BCUT2D eigenvalue weighted by molar-refractivity contribution is 5.87. The molecule has 6 rings (SSSR count). The van der Waals surface area contributed by atoms with Crippen molar-refractivity contribution in [2.45, 2.75) is 50.2 Å². The van der Waals surface area contributed by atoms with E-state index < -0.39 is 6.04 Å². The summed E-state index contributed by atoms with van der Waals surface area (Å²) in [6.45, 7) is 1.26. The predicted molar refractivity (Wildman–Crippen MR) is 194 cm³/mol. The van der Waals surface area contributed by atoms with Crippen molar-refractivity contribution in [1.29, 1.82) is 0 Å². The topological polar surface area (TPSA) is 131 Å². The lowest BCUT2D eigenvalue weighted by Gasteiger charge is -2.47. The van der Waals surface area contributed by atoms with Crippen LogP contribution < -0.4 is 17.2 Å². The number of hydrogen-bond acceptors (Lipinski definition) is 4. The fourth-order valence-electron chi connectivity index (χ4n) is 6.91. The molecule has 0 radical (unpaired) electrons. The predicted octanol–water partition coefficient (Wildman–Crippen LogP) is 4.81. The zero-order chi connectivity index (χ0) is 33.5. The third-order valence-electron chi connectivity index (χ3n) is 9.36. The van der Waals surface area contributed by atoms with E-state index in [1.165, 1.54) is 0 Å². The average Bonchev–Trinajstić information content (AvgIpc) is 3.10. The molecule has 1 aliphatic heterocycles. The van der Waals surface area contributed by atoms with Crippen LogP contribution in [0.3, 0.4) is 0 Å². The van der Waals surface area contributed by atoms with Crippen LogP contribution in [0.25, 0.3) is 21.5 Å². The van der Waals surface area contributed by atoms with Gasteiger partial charge in [-0.15, -0.1) is 0 Å². The number of fused-ring (bicyclic) bond motifs is 2. The number of piperazine rings is 1.